The average molecular weight is 535 g/mol. The Hall–Kier alpha value is -3.10. The predicted octanol–water partition coefficient (Wildman–Crippen LogP) is 6.42. The Morgan fingerprint density at radius 3 is 2.08 bits per heavy atom. The molecule has 1 atom stereocenters. The zero-order chi connectivity index (χ0) is 27.7. The molecule has 1 spiro atoms. The first-order valence-electron chi connectivity index (χ1n) is 12.9. The number of hydrogen-bond acceptors (Lipinski definition) is 3. The van der Waals surface area contributed by atoms with Crippen LogP contribution in [0.15, 0.2) is 48.5 Å². The lowest BCUT2D eigenvalue weighted by Gasteiger charge is -2.52. The summed E-state index contributed by atoms with van der Waals surface area (Å²) in [7, 11) is 0. The Kier molecular flexibility index (Phi) is 7.77. The molecule has 0 unspecified atom stereocenters. The van der Waals surface area contributed by atoms with Crippen molar-refractivity contribution in [2.75, 3.05) is 26.2 Å². The van der Waals surface area contributed by atoms with Crippen LogP contribution in [0.3, 0.4) is 0 Å². The number of hydrogen-bond donors (Lipinski definition) is 0. The van der Waals surface area contributed by atoms with Gasteiger partial charge in [-0.1, -0.05) is 30.3 Å². The number of piperidine rings is 2. The quantitative estimate of drug-likeness (QED) is 0.427. The maximum absolute atomic E-state index is 13.7. The molecule has 5 nitrogen and oxygen atoms in total. The molecule has 0 aliphatic carbocycles. The van der Waals surface area contributed by atoms with E-state index in [2.05, 4.69) is 0 Å². The maximum Gasteiger partial charge on any atom is 0.416 e. The van der Waals surface area contributed by atoms with Crippen molar-refractivity contribution in [2.24, 2.45) is 5.41 Å². The summed E-state index contributed by atoms with van der Waals surface area (Å²) in [4.78, 5) is 29.2. The third-order valence-electron chi connectivity index (χ3n) is 7.72. The molecule has 2 amide bonds. The first-order chi connectivity index (χ1) is 17.8. The minimum atomic E-state index is -4.52. The number of carbonyl (C=O) groups is 2. The second-order valence-corrected chi connectivity index (χ2v) is 11.4. The van der Waals surface area contributed by atoms with Crippen LogP contribution in [-0.2, 0) is 22.1 Å². The number of alkyl halides is 3. The first kappa shape index (κ1) is 27.9. The zero-order valence-corrected chi connectivity index (χ0v) is 22.0. The molecule has 0 radical (unpaired) electrons. The number of halogens is 4. The van der Waals surface area contributed by atoms with Crippen LogP contribution >= 0.6 is 0 Å². The lowest BCUT2D eigenvalue weighted by molar-refractivity contribution is -0.139. The van der Waals surface area contributed by atoms with Crippen molar-refractivity contribution in [1.29, 1.82) is 0 Å². The standard InChI is InChI=1S/C29H34F4N2O3/c1-27(2,3)38-26(37)35-17-14-28(24(19-35)20-8-10-22(30)11-9-20)12-15-34(16-13-28)25(36)18-21-6-4-5-7-23(21)29(31,32)33/h4-11,24H,12-19H2,1-3H3/t24-/m0/s1. The van der Waals surface area contributed by atoms with Crippen molar-refractivity contribution in [3.05, 3.63) is 71.0 Å². The summed E-state index contributed by atoms with van der Waals surface area (Å²) in [6.45, 7) is 7.18. The molecule has 0 aromatic heterocycles. The van der Waals surface area contributed by atoms with E-state index in [-0.39, 0.29) is 35.0 Å². The number of rotatable bonds is 3. The van der Waals surface area contributed by atoms with Crippen molar-refractivity contribution in [3.63, 3.8) is 0 Å². The smallest absolute Gasteiger partial charge is 0.416 e. The van der Waals surface area contributed by atoms with Gasteiger partial charge in [0.15, 0.2) is 0 Å². The monoisotopic (exact) mass is 534 g/mol. The number of nitrogens with zero attached hydrogens (tertiary/aromatic N) is 2. The number of benzene rings is 2. The zero-order valence-electron chi connectivity index (χ0n) is 22.0. The van der Waals surface area contributed by atoms with E-state index < -0.39 is 23.4 Å². The van der Waals surface area contributed by atoms with Crippen molar-refractivity contribution >= 4 is 12.0 Å². The molecule has 2 heterocycles. The maximum atomic E-state index is 13.7. The highest BCUT2D eigenvalue weighted by Crippen LogP contribution is 2.50. The molecule has 4 rings (SSSR count). The van der Waals surface area contributed by atoms with Gasteiger partial charge >= 0.3 is 12.3 Å². The normalized spacial score (nSPS) is 19.9. The summed E-state index contributed by atoms with van der Waals surface area (Å²) in [5.74, 6) is -0.768. The summed E-state index contributed by atoms with van der Waals surface area (Å²) >= 11 is 0. The topological polar surface area (TPSA) is 49.9 Å². The van der Waals surface area contributed by atoms with E-state index in [0.29, 0.717) is 45.4 Å². The molecular weight excluding hydrogens is 500 g/mol. The van der Waals surface area contributed by atoms with Gasteiger partial charge in [0.25, 0.3) is 0 Å². The van der Waals surface area contributed by atoms with E-state index in [1.165, 1.54) is 30.3 Å². The molecule has 9 heteroatoms. The van der Waals surface area contributed by atoms with Gasteiger partial charge in [-0.25, -0.2) is 9.18 Å². The first-order valence-corrected chi connectivity index (χ1v) is 12.9. The van der Waals surface area contributed by atoms with Crippen LogP contribution in [-0.4, -0.2) is 53.6 Å². The van der Waals surface area contributed by atoms with Crippen LogP contribution in [0.4, 0.5) is 22.4 Å². The molecule has 38 heavy (non-hydrogen) atoms. The van der Waals surface area contributed by atoms with Crippen molar-refractivity contribution in [3.8, 4) is 0 Å². The molecule has 2 aliphatic rings. The largest absolute Gasteiger partial charge is 0.444 e. The lowest BCUT2D eigenvalue weighted by atomic mass is 9.62. The van der Waals surface area contributed by atoms with Gasteiger partial charge in [0.2, 0.25) is 5.91 Å². The van der Waals surface area contributed by atoms with Crippen LogP contribution in [0.2, 0.25) is 0 Å². The Morgan fingerprint density at radius 2 is 1.50 bits per heavy atom. The molecule has 0 saturated carbocycles. The van der Waals surface area contributed by atoms with Crippen LogP contribution in [0.25, 0.3) is 0 Å². The molecule has 2 fully saturated rings. The summed E-state index contributed by atoms with van der Waals surface area (Å²) in [5, 5.41) is 0. The molecule has 2 aromatic rings. The van der Waals surface area contributed by atoms with Gasteiger partial charge in [0.05, 0.1) is 12.0 Å². The molecule has 206 valence electrons. The van der Waals surface area contributed by atoms with E-state index in [4.69, 9.17) is 4.74 Å². The number of amides is 2. The third kappa shape index (κ3) is 6.30. The number of carbonyl (C=O) groups excluding carboxylic acids is 2. The molecule has 2 saturated heterocycles. The third-order valence-corrected chi connectivity index (χ3v) is 7.72. The minimum absolute atomic E-state index is 0.0276. The summed E-state index contributed by atoms with van der Waals surface area (Å²) in [6.07, 6.45) is -3.25. The van der Waals surface area contributed by atoms with E-state index in [0.717, 1.165) is 11.6 Å². The van der Waals surface area contributed by atoms with Crippen molar-refractivity contribution in [2.45, 2.75) is 64.1 Å². The highest BCUT2D eigenvalue weighted by molar-refractivity contribution is 5.79. The highest BCUT2D eigenvalue weighted by Gasteiger charge is 2.47. The van der Waals surface area contributed by atoms with Crippen molar-refractivity contribution < 1.29 is 31.9 Å². The average Bonchev–Trinajstić information content (AvgIpc) is 2.84. The van der Waals surface area contributed by atoms with Gasteiger partial charge in [-0.15, -0.1) is 0 Å². The second kappa shape index (κ2) is 10.6. The van der Waals surface area contributed by atoms with E-state index >= 15 is 0 Å². The van der Waals surface area contributed by atoms with Gasteiger partial charge in [0.1, 0.15) is 11.4 Å². The lowest BCUT2D eigenvalue weighted by Crippen LogP contribution is -2.54. The van der Waals surface area contributed by atoms with E-state index in [1.807, 2.05) is 20.8 Å². The minimum Gasteiger partial charge on any atom is -0.444 e. The van der Waals surface area contributed by atoms with Gasteiger partial charge in [-0.3, -0.25) is 4.79 Å². The fraction of sp³-hybridized carbons (Fsp3) is 0.517. The van der Waals surface area contributed by atoms with Crippen LogP contribution in [0.1, 0.15) is 62.6 Å². The SMILES string of the molecule is CC(C)(C)OC(=O)N1CCC2(CCN(C(=O)Cc3ccccc3C(F)(F)F)CC2)[C@H](c2ccc(F)cc2)C1. The van der Waals surface area contributed by atoms with E-state index in [9.17, 15) is 27.2 Å². The molecule has 2 aliphatic heterocycles. The van der Waals surface area contributed by atoms with Crippen LogP contribution in [0.5, 0.6) is 0 Å². The number of ether oxygens (including phenoxy) is 1. The van der Waals surface area contributed by atoms with Gasteiger partial charge in [-0.2, -0.15) is 13.2 Å². The van der Waals surface area contributed by atoms with E-state index in [1.54, 1.807) is 21.9 Å². The fourth-order valence-electron chi connectivity index (χ4n) is 5.71. The highest BCUT2D eigenvalue weighted by atomic mass is 19.4. The van der Waals surface area contributed by atoms with Gasteiger partial charge in [0, 0.05) is 32.1 Å². The molecule has 2 aromatic carbocycles. The Labute approximate surface area is 220 Å². The summed E-state index contributed by atoms with van der Waals surface area (Å²) < 4.78 is 59.5. The summed E-state index contributed by atoms with van der Waals surface area (Å²) in [6, 6.07) is 11.5. The van der Waals surface area contributed by atoms with Crippen LogP contribution < -0.4 is 0 Å². The van der Waals surface area contributed by atoms with Crippen molar-refractivity contribution in [1.82, 2.24) is 9.80 Å². The van der Waals surface area contributed by atoms with Gasteiger partial charge in [-0.05, 0) is 74.8 Å². The molecule has 0 bridgehead atoms. The summed E-state index contributed by atoms with van der Waals surface area (Å²) in [5.41, 5.74) is -0.753. The van der Waals surface area contributed by atoms with Gasteiger partial charge < -0.3 is 14.5 Å². The Morgan fingerprint density at radius 1 is 0.921 bits per heavy atom. The van der Waals surface area contributed by atoms with Crippen LogP contribution in [0, 0.1) is 11.2 Å². The Balaban J connectivity index is 1.49. The molecular formula is C29H34F4N2O3. The Bertz CT molecular complexity index is 1150. The molecule has 0 N–H and O–H groups in total. The second-order valence-electron chi connectivity index (χ2n) is 11.4. The number of likely N-dealkylation sites (tertiary alicyclic amines) is 2. The predicted molar refractivity (Wildman–Crippen MR) is 135 cm³/mol. The fourth-order valence-corrected chi connectivity index (χ4v) is 5.71.